The van der Waals surface area contributed by atoms with E-state index in [1.807, 2.05) is 30.3 Å². The Morgan fingerprint density at radius 1 is 1.41 bits per heavy atom. The summed E-state index contributed by atoms with van der Waals surface area (Å²) >= 11 is 0. The molecule has 17 heavy (non-hydrogen) atoms. The van der Waals surface area contributed by atoms with Gasteiger partial charge in [-0.3, -0.25) is 0 Å². The molecule has 0 N–H and O–H groups in total. The van der Waals surface area contributed by atoms with E-state index >= 15 is 0 Å². The highest BCUT2D eigenvalue weighted by Crippen LogP contribution is 2.18. The predicted molar refractivity (Wildman–Crippen MR) is 66.5 cm³/mol. The van der Waals surface area contributed by atoms with Gasteiger partial charge in [-0.1, -0.05) is 36.4 Å². The summed E-state index contributed by atoms with van der Waals surface area (Å²) in [7, 11) is 1.49. The number of carbonyl (C=O) groups is 1. The van der Waals surface area contributed by atoms with Crippen LogP contribution in [-0.4, -0.2) is 18.7 Å². The van der Waals surface area contributed by atoms with Crippen LogP contribution in [0.25, 0.3) is 0 Å². The minimum absolute atomic E-state index is 0.260. The maximum Gasteiger partial charge on any atom is 0.338 e. The van der Waals surface area contributed by atoms with Crippen LogP contribution in [0.4, 0.5) is 0 Å². The molecule has 1 aromatic rings. The molecule has 1 rings (SSSR count). The van der Waals surface area contributed by atoms with Crippen LogP contribution in [0.2, 0.25) is 0 Å². The van der Waals surface area contributed by atoms with E-state index in [-0.39, 0.29) is 12.6 Å². The molecular formula is C14H18O3. The highest BCUT2D eigenvalue weighted by atomic mass is 16.6. The second-order valence-electron chi connectivity index (χ2n) is 3.99. The average molecular weight is 234 g/mol. The molecule has 0 aromatic heterocycles. The average Bonchev–Trinajstić information content (AvgIpc) is 2.37. The van der Waals surface area contributed by atoms with E-state index in [2.05, 4.69) is 6.58 Å². The van der Waals surface area contributed by atoms with Crippen LogP contribution in [0.1, 0.15) is 18.9 Å². The fourth-order valence-corrected chi connectivity index (χ4v) is 1.40. The summed E-state index contributed by atoms with van der Waals surface area (Å²) in [6, 6.07) is 9.54. The minimum atomic E-state index is -0.948. The van der Waals surface area contributed by atoms with Crippen LogP contribution < -0.4 is 0 Å². The normalized spacial score (nSPS) is 13.8. The van der Waals surface area contributed by atoms with Crippen molar-refractivity contribution in [3.8, 4) is 0 Å². The number of ether oxygens (including phenoxy) is 2. The molecule has 0 spiro atoms. The van der Waals surface area contributed by atoms with Gasteiger partial charge < -0.3 is 9.47 Å². The second kappa shape index (κ2) is 6.21. The number of hydrogen-bond acceptors (Lipinski definition) is 3. The van der Waals surface area contributed by atoms with Gasteiger partial charge in [0, 0.05) is 13.5 Å². The van der Waals surface area contributed by atoms with E-state index in [1.165, 1.54) is 7.11 Å². The molecule has 0 bridgehead atoms. The standard InChI is InChI=1S/C14H18O3/c1-4-10-14(2,16-3)13(15)17-11-12-8-6-5-7-9-12/h4-9H,1,10-11H2,2-3H3. The van der Waals surface area contributed by atoms with Crippen molar-refractivity contribution < 1.29 is 14.3 Å². The van der Waals surface area contributed by atoms with Gasteiger partial charge in [-0.15, -0.1) is 6.58 Å². The van der Waals surface area contributed by atoms with Crippen molar-refractivity contribution in [2.24, 2.45) is 0 Å². The quantitative estimate of drug-likeness (QED) is 0.561. The Kier molecular flexibility index (Phi) is 4.91. The fourth-order valence-electron chi connectivity index (χ4n) is 1.40. The van der Waals surface area contributed by atoms with E-state index < -0.39 is 5.60 Å². The lowest BCUT2D eigenvalue weighted by Crippen LogP contribution is -2.38. The van der Waals surface area contributed by atoms with E-state index in [4.69, 9.17) is 9.47 Å². The molecule has 3 nitrogen and oxygen atoms in total. The van der Waals surface area contributed by atoms with E-state index in [9.17, 15) is 4.79 Å². The molecule has 0 saturated heterocycles. The van der Waals surface area contributed by atoms with E-state index in [0.29, 0.717) is 6.42 Å². The number of carbonyl (C=O) groups excluding carboxylic acids is 1. The van der Waals surface area contributed by atoms with Crippen LogP contribution in [0.5, 0.6) is 0 Å². The summed E-state index contributed by atoms with van der Waals surface area (Å²) in [5.41, 5.74) is 0.00851. The van der Waals surface area contributed by atoms with Crippen molar-refractivity contribution in [1.82, 2.24) is 0 Å². The lowest BCUT2D eigenvalue weighted by molar-refractivity contribution is -0.168. The number of esters is 1. The Bertz CT molecular complexity index is 372. The topological polar surface area (TPSA) is 35.5 Å². The highest BCUT2D eigenvalue weighted by Gasteiger charge is 2.33. The van der Waals surface area contributed by atoms with Gasteiger partial charge in [-0.25, -0.2) is 4.79 Å². The summed E-state index contributed by atoms with van der Waals surface area (Å²) in [4.78, 5) is 11.9. The molecule has 0 amide bonds. The smallest absolute Gasteiger partial charge is 0.338 e. The van der Waals surface area contributed by atoms with Crippen LogP contribution >= 0.6 is 0 Å². The van der Waals surface area contributed by atoms with Gasteiger partial charge in [0.25, 0.3) is 0 Å². The molecule has 1 unspecified atom stereocenters. The molecule has 0 aliphatic carbocycles. The summed E-state index contributed by atoms with van der Waals surface area (Å²) in [5.74, 6) is -0.372. The Labute approximate surface area is 102 Å². The largest absolute Gasteiger partial charge is 0.459 e. The van der Waals surface area contributed by atoms with E-state index in [0.717, 1.165) is 5.56 Å². The van der Waals surface area contributed by atoms with Gasteiger partial charge in [0.1, 0.15) is 6.61 Å². The van der Waals surface area contributed by atoms with Crippen LogP contribution in [-0.2, 0) is 20.9 Å². The van der Waals surface area contributed by atoms with Crippen molar-refractivity contribution in [2.75, 3.05) is 7.11 Å². The molecule has 1 atom stereocenters. The number of methoxy groups -OCH3 is 1. The predicted octanol–water partition coefficient (Wildman–Crippen LogP) is 2.71. The third-order valence-electron chi connectivity index (χ3n) is 2.63. The molecule has 3 heteroatoms. The third-order valence-corrected chi connectivity index (χ3v) is 2.63. The molecule has 0 saturated carbocycles. The first-order valence-electron chi connectivity index (χ1n) is 5.49. The molecule has 92 valence electrons. The zero-order chi connectivity index (χ0) is 12.7. The number of rotatable bonds is 6. The van der Waals surface area contributed by atoms with Gasteiger partial charge in [0.15, 0.2) is 5.60 Å². The Morgan fingerprint density at radius 3 is 2.59 bits per heavy atom. The zero-order valence-electron chi connectivity index (χ0n) is 10.3. The molecule has 0 aliphatic heterocycles. The Balaban J connectivity index is 2.57. The van der Waals surface area contributed by atoms with Gasteiger partial charge >= 0.3 is 5.97 Å². The van der Waals surface area contributed by atoms with Crippen molar-refractivity contribution in [1.29, 1.82) is 0 Å². The Morgan fingerprint density at radius 2 is 2.06 bits per heavy atom. The third kappa shape index (κ3) is 3.71. The highest BCUT2D eigenvalue weighted by molar-refractivity contribution is 5.79. The van der Waals surface area contributed by atoms with Gasteiger partial charge in [-0.05, 0) is 12.5 Å². The molecule has 0 radical (unpaired) electrons. The van der Waals surface area contributed by atoms with Crippen molar-refractivity contribution in [3.63, 3.8) is 0 Å². The maximum atomic E-state index is 11.9. The zero-order valence-corrected chi connectivity index (χ0v) is 10.3. The van der Waals surface area contributed by atoms with Gasteiger partial charge in [0.2, 0.25) is 0 Å². The number of benzene rings is 1. The lowest BCUT2D eigenvalue weighted by Gasteiger charge is -2.24. The van der Waals surface area contributed by atoms with E-state index in [1.54, 1.807) is 13.0 Å². The summed E-state index contributed by atoms with van der Waals surface area (Å²) in [6.45, 7) is 5.56. The fraction of sp³-hybridized carbons (Fsp3) is 0.357. The first-order valence-corrected chi connectivity index (χ1v) is 5.49. The molecule has 0 aliphatic rings. The van der Waals surface area contributed by atoms with Gasteiger partial charge in [-0.2, -0.15) is 0 Å². The first-order chi connectivity index (χ1) is 8.12. The van der Waals surface area contributed by atoms with Crippen molar-refractivity contribution in [3.05, 3.63) is 48.6 Å². The van der Waals surface area contributed by atoms with Crippen LogP contribution in [0, 0.1) is 0 Å². The van der Waals surface area contributed by atoms with Gasteiger partial charge in [0.05, 0.1) is 0 Å². The van der Waals surface area contributed by atoms with Crippen LogP contribution in [0.3, 0.4) is 0 Å². The summed E-state index contributed by atoms with van der Waals surface area (Å²) in [6.07, 6.45) is 2.07. The second-order valence-corrected chi connectivity index (χ2v) is 3.99. The monoisotopic (exact) mass is 234 g/mol. The molecule has 0 fully saturated rings. The summed E-state index contributed by atoms with van der Waals surface area (Å²) < 4.78 is 10.4. The minimum Gasteiger partial charge on any atom is -0.459 e. The molecule has 1 aromatic carbocycles. The number of hydrogen-bond donors (Lipinski definition) is 0. The molecular weight excluding hydrogens is 216 g/mol. The lowest BCUT2D eigenvalue weighted by atomic mass is 10.0. The Hall–Kier alpha value is -1.61. The SMILES string of the molecule is C=CCC(C)(OC)C(=O)OCc1ccccc1. The maximum absolute atomic E-state index is 11.9. The first kappa shape index (κ1) is 13.5. The van der Waals surface area contributed by atoms with Crippen molar-refractivity contribution >= 4 is 5.97 Å². The molecule has 0 heterocycles. The van der Waals surface area contributed by atoms with Crippen molar-refractivity contribution in [2.45, 2.75) is 25.6 Å². The summed E-state index contributed by atoms with van der Waals surface area (Å²) in [5, 5.41) is 0. The van der Waals surface area contributed by atoms with Crippen LogP contribution in [0.15, 0.2) is 43.0 Å².